The Morgan fingerprint density at radius 2 is 1.85 bits per heavy atom. The molecular formula is C12H22N2O5S. The van der Waals surface area contributed by atoms with E-state index in [1.54, 1.807) is 0 Å². The molecule has 0 saturated carbocycles. The zero-order valence-corrected chi connectivity index (χ0v) is 12.5. The maximum absolute atomic E-state index is 12.6. The molecule has 7 nitrogen and oxygen atoms in total. The van der Waals surface area contributed by atoms with Crippen LogP contribution in [0.1, 0.15) is 26.2 Å². The molecule has 2 aliphatic rings. The van der Waals surface area contributed by atoms with Crippen molar-refractivity contribution >= 4 is 16.2 Å². The van der Waals surface area contributed by atoms with Gasteiger partial charge in [-0.1, -0.05) is 0 Å². The smallest absolute Gasteiger partial charge is 0.306 e. The normalized spacial score (nSPS) is 28.1. The zero-order valence-electron chi connectivity index (χ0n) is 11.7. The second kappa shape index (κ2) is 6.38. The summed E-state index contributed by atoms with van der Waals surface area (Å²) in [6.45, 7) is 3.83. The first-order valence-electron chi connectivity index (χ1n) is 7.01. The Morgan fingerprint density at radius 3 is 2.45 bits per heavy atom. The highest BCUT2D eigenvalue weighted by molar-refractivity contribution is 7.86. The molecule has 0 aromatic carbocycles. The molecular weight excluding hydrogens is 284 g/mol. The van der Waals surface area contributed by atoms with Crippen molar-refractivity contribution in [3.63, 3.8) is 0 Å². The minimum absolute atomic E-state index is 0.108. The van der Waals surface area contributed by atoms with Crippen LogP contribution in [0, 0.1) is 5.92 Å². The number of hydrogen-bond acceptors (Lipinski definition) is 4. The maximum Gasteiger partial charge on any atom is 0.306 e. The fourth-order valence-electron chi connectivity index (χ4n) is 2.66. The Kier molecular flexibility index (Phi) is 5.00. The highest BCUT2D eigenvalue weighted by atomic mass is 32.2. The number of carboxylic acids is 1. The monoisotopic (exact) mass is 306 g/mol. The molecule has 2 aliphatic heterocycles. The average molecular weight is 306 g/mol. The van der Waals surface area contributed by atoms with Gasteiger partial charge in [-0.25, -0.2) is 0 Å². The summed E-state index contributed by atoms with van der Waals surface area (Å²) in [5.41, 5.74) is 0. The molecule has 0 aromatic heterocycles. The molecule has 20 heavy (non-hydrogen) atoms. The summed E-state index contributed by atoms with van der Waals surface area (Å²) < 4.78 is 33.5. The number of rotatable bonds is 3. The van der Waals surface area contributed by atoms with Crippen LogP contribution in [0.25, 0.3) is 0 Å². The van der Waals surface area contributed by atoms with Crippen LogP contribution in [-0.4, -0.2) is 67.0 Å². The average Bonchev–Trinajstić information content (AvgIpc) is 2.64. The van der Waals surface area contributed by atoms with Crippen LogP contribution in [0.4, 0.5) is 0 Å². The minimum Gasteiger partial charge on any atom is -0.481 e. The molecule has 1 unspecified atom stereocenters. The topological polar surface area (TPSA) is 87.2 Å². The summed E-state index contributed by atoms with van der Waals surface area (Å²) >= 11 is 0. The number of ether oxygens (including phenoxy) is 1. The number of aliphatic carboxylic acids is 1. The molecule has 2 saturated heterocycles. The molecule has 0 aliphatic carbocycles. The van der Waals surface area contributed by atoms with Crippen molar-refractivity contribution < 1.29 is 23.1 Å². The van der Waals surface area contributed by atoms with E-state index in [0.29, 0.717) is 39.0 Å². The Balaban J connectivity index is 2.01. The molecule has 0 spiro atoms. The van der Waals surface area contributed by atoms with Crippen LogP contribution >= 0.6 is 0 Å². The third kappa shape index (κ3) is 3.49. The summed E-state index contributed by atoms with van der Waals surface area (Å²) in [6, 6.07) is 0. The van der Waals surface area contributed by atoms with Gasteiger partial charge in [0.25, 0.3) is 10.2 Å². The van der Waals surface area contributed by atoms with E-state index in [1.165, 1.54) is 8.61 Å². The highest BCUT2D eigenvalue weighted by Crippen LogP contribution is 2.22. The van der Waals surface area contributed by atoms with Gasteiger partial charge in [0.1, 0.15) is 0 Å². The third-order valence-electron chi connectivity index (χ3n) is 3.87. The van der Waals surface area contributed by atoms with Gasteiger partial charge in [0.2, 0.25) is 0 Å². The Bertz CT molecular complexity index is 445. The number of nitrogens with zero attached hydrogens (tertiary/aromatic N) is 2. The van der Waals surface area contributed by atoms with E-state index >= 15 is 0 Å². The third-order valence-corrected chi connectivity index (χ3v) is 5.87. The number of carboxylic acid groups (broad SMARTS) is 1. The predicted molar refractivity (Wildman–Crippen MR) is 72.5 cm³/mol. The van der Waals surface area contributed by atoms with Crippen LogP contribution in [0.2, 0.25) is 0 Å². The van der Waals surface area contributed by atoms with Crippen molar-refractivity contribution in [2.24, 2.45) is 5.92 Å². The van der Waals surface area contributed by atoms with Gasteiger partial charge in [-0.3, -0.25) is 4.79 Å². The van der Waals surface area contributed by atoms with E-state index in [4.69, 9.17) is 9.84 Å². The van der Waals surface area contributed by atoms with E-state index in [-0.39, 0.29) is 19.2 Å². The van der Waals surface area contributed by atoms with Gasteiger partial charge < -0.3 is 9.84 Å². The Hall–Kier alpha value is -0.700. The Labute approximate surface area is 119 Å². The molecule has 0 radical (unpaired) electrons. The van der Waals surface area contributed by atoms with Crippen molar-refractivity contribution in [2.75, 3.05) is 32.8 Å². The largest absolute Gasteiger partial charge is 0.481 e. The van der Waals surface area contributed by atoms with Gasteiger partial charge in [-0.05, 0) is 26.2 Å². The summed E-state index contributed by atoms with van der Waals surface area (Å²) in [4.78, 5) is 10.9. The van der Waals surface area contributed by atoms with Gasteiger partial charge in [0.05, 0.1) is 12.0 Å². The van der Waals surface area contributed by atoms with Crippen LogP contribution in [0.5, 0.6) is 0 Å². The van der Waals surface area contributed by atoms with Gasteiger partial charge in [0.15, 0.2) is 0 Å². The lowest BCUT2D eigenvalue weighted by atomic mass is 9.99. The van der Waals surface area contributed by atoms with Gasteiger partial charge in [-0.2, -0.15) is 17.0 Å². The van der Waals surface area contributed by atoms with E-state index in [0.717, 1.165) is 0 Å². The van der Waals surface area contributed by atoms with Crippen molar-refractivity contribution in [3.05, 3.63) is 0 Å². The lowest BCUT2D eigenvalue weighted by Gasteiger charge is -2.33. The van der Waals surface area contributed by atoms with Crippen LogP contribution in [0.15, 0.2) is 0 Å². The minimum atomic E-state index is -3.50. The van der Waals surface area contributed by atoms with Crippen molar-refractivity contribution in [3.8, 4) is 0 Å². The number of piperidine rings is 1. The first kappa shape index (κ1) is 15.7. The molecule has 0 aromatic rings. The Morgan fingerprint density at radius 1 is 1.20 bits per heavy atom. The summed E-state index contributed by atoms with van der Waals surface area (Å²) in [5.74, 6) is -1.26. The molecule has 116 valence electrons. The zero-order chi connectivity index (χ0) is 14.8. The molecule has 2 heterocycles. The number of carbonyl (C=O) groups is 1. The van der Waals surface area contributed by atoms with E-state index in [1.807, 2.05) is 6.92 Å². The fourth-order valence-corrected chi connectivity index (χ4v) is 4.42. The van der Waals surface area contributed by atoms with Gasteiger partial charge in [-0.15, -0.1) is 0 Å². The van der Waals surface area contributed by atoms with Gasteiger partial charge in [0, 0.05) is 32.8 Å². The van der Waals surface area contributed by atoms with Crippen LogP contribution in [0.3, 0.4) is 0 Å². The summed E-state index contributed by atoms with van der Waals surface area (Å²) in [5, 5.41) is 8.95. The molecule has 8 heteroatoms. The molecule has 2 rings (SSSR count). The first-order chi connectivity index (χ1) is 9.41. The van der Waals surface area contributed by atoms with Crippen molar-refractivity contribution in [2.45, 2.75) is 32.3 Å². The molecule has 1 N–H and O–H groups in total. The molecule has 2 fully saturated rings. The van der Waals surface area contributed by atoms with Crippen molar-refractivity contribution in [1.29, 1.82) is 0 Å². The molecule has 0 amide bonds. The fraction of sp³-hybridized carbons (Fsp3) is 0.917. The molecule has 1 atom stereocenters. The van der Waals surface area contributed by atoms with E-state index in [9.17, 15) is 13.2 Å². The van der Waals surface area contributed by atoms with Gasteiger partial charge >= 0.3 is 5.97 Å². The lowest BCUT2D eigenvalue weighted by molar-refractivity contribution is -0.142. The predicted octanol–water partition coefficient (Wildman–Crippen LogP) is 0.139. The SMILES string of the molecule is CC1CN(S(=O)(=O)N2CCC(C(=O)O)CC2)CCCO1. The standard InChI is InChI=1S/C12H22N2O5S/c1-10-9-14(5-2-8-19-10)20(17,18)13-6-3-11(4-7-13)12(15)16/h10-11H,2-9H2,1H3,(H,15,16). The van der Waals surface area contributed by atoms with Crippen LogP contribution in [-0.2, 0) is 19.7 Å². The van der Waals surface area contributed by atoms with E-state index < -0.39 is 22.1 Å². The lowest BCUT2D eigenvalue weighted by Crippen LogP contribution is -2.49. The van der Waals surface area contributed by atoms with Crippen LogP contribution < -0.4 is 0 Å². The number of hydrogen-bond donors (Lipinski definition) is 1. The second-order valence-corrected chi connectivity index (χ2v) is 7.34. The van der Waals surface area contributed by atoms with Crippen molar-refractivity contribution in [1.82, 2.24) is 8.61 Å². The quantitative estimate of drug-likeness (QED) is 0.801. The molecule has 0 bridgehead atoms. The van der Waals surface area contributed by atoms with E-state index in [2.05, 4.69) is 0 Å². The highest BCUT2D eigenvalue weighted by Gasteiger charge is 2.35. The second-order valence-electron chi connectivity index (χ2n) is 5.41. The summed E-state index contributed by atoms with van der Waals surface area (Å²) in [7, 11) is -3.50. The summed E-state index contributed by atoms with van der Waals surface area (Å²) in [6.07, 6.45) is 1.35. The maximum atomic E-state index is 12.6. The first-order valence-corrected chi connectivity index (χ1v) is 8.40.